The van der Waals surface area contributed by atoms with E-state index in [0.29, 0.717) is 5.56 Å². The number of carbonyl (C=O) groups is 4. The maximum absolute atomic E-state index is 12.3. The predicted octanol–water partition coefficient (Wildman–Crippen LogP) is 1.47. The number of halogens is 1. The van der Waals surface area contributed by atoms with Crippen LogP contribution in [-0.4, -0.2) is 53.7 Å². The molecule has 0 heterocycles. The number of carboxylic acids is 1. The zero-order chi connectivity index (χ0) is 21.5. The Balaban J connectivity index is 2.59. The fourth-order valence-electron chi connectivity index (χ4n) is 2.10. The van der Waals surface area contributed by atoms with Gasteiger partial charge in [-0.05, 0) is 39.3 Å². The normalized spacial score (nSPS) is 11.9. The number of carbonyl (C=O) groups excluding carboxylic acids is 3. The highest BCUT2D eigenvalue weighted by Crippen LogP contribution is 2.19. The lowest BCUT2D eigenvalue weighted by Crippen LogP contribution is -2.50. The quantitative estimate of drug-likeness (QED) is 0.534. The number of amides is 3. The summed E-state index contributed by atoms with van der Waals surface area (Å²) in [5.41, 5.74) is 0.0314. The van der Waals surface area contributed by atoms with E-state index in [-0.39, 0.29) is 17.1 Å². The van der Waals surface area contributed by atoms with Crippen molar-refractivity contribution < 1.29 is 29.0 Å². The lowest BCUT2D eigenvalue weighted by Gasteiger charge is -2.20. The van der Waals surface area contributed by atoms with Gasteiger partial charge in [-0.3, -0.25) is 9.59 Å². The monoisotopic (exact) mass is 413 g/mol. The number of benzene rings is 1. The van der Waals surface area contributed by atoms with Gasteiger partial charge in [0.05, 0.1) is 17.1 Å². The van der Waals surface area contributed by atoms with E-state index in [1.807, 2.05) is 0 Å². The second-order valence-corrected chi connectivity index (χ2v) is 7.36. The van der Waals surface area contributed by atoms with Crippen LogP contribution in [0.2, 0.25) is 5.02 Å². The van der Waals surface area contributed by atoms with E-state index >= 15 is 0 Å². The molecule has 1 unspecified atom stereocenters. The van der Waals surface area contributed by atoms with Gasteiger partial charge in [-0.2, -0.15) is 0 Å². The van der Waals surface area contributed by atoms with Crippen LogP contribution in [0, 0.1) is 6.92 Å². The summed E-state index contributed by atoms with van der Waals surface area (Å²) in [7, 11) is 0. The van der Waals surface area contributed by atoms with E-state index in [0.717, 1.165) is 0 Å². The molecule has 28 heavy (non-hydrogen) atoms. The number of aryl methyl sites for hydroxylation is 1. The molecule has 10 heteroatoms. The Morgan fingerprint density at radius 3 is 2.36 bits per heavy atom. The molecular weight excluding hydrogens is 390 g/mol. The second kappa shape index (κ2) is 9.93. The predicted molar refractivity (Wildman–Crippen MR) is 102 cm³/mol. The first-order valence-electron chi connectivity index (χ1n) is 8.43. The number of hydrogen-bond donors (Lipinski definition) is 4. The Labute approximate surface area is 167 Å². The highest BCUT2D eigenvalue weighted by Gasteiger charge is 2.24. The third-order valence-electron chi connectivity index (χ3n) is 3.35. The SMILES string of the molecule is Cc1cccc(Cl)c1C(=O)NC(CNC(=O)CNC(=O)OC(C)(C)C)C(=O)O. The van der Waals surface area contributed by atoms with Crippen molar-refractivity contribution in [3.05, 3.63) is 34.3 Å². The molecule has 1 aromatic carbocycles. The smallest absolute Gasteiger partial charge is 0.408 e. The van der Waals surface area contributed by atoms with Crippen molar-refractivity contribution >= 4 is 35.5 Å². The van der Waals surface area contributed by atoms with Crippen molar-refractivity contribution in [1.82, 2.24) is 16.0 Å². The van der Waals surface area contributed by atoms with E-state index in [4.69, 9.17) is 16.3 Å². The van der Waals surface area contributed by atoms with Gasteiger partial charge in [-0.15, -0.1) is 0 Å². The summed E-state index contributed by atoms with van der Waals surface area (Å²) in [4.78, 5) is 47.0. The van der Waals surface area contributed by atoms with Gasteiger partial charge in [-0.1, -0.05) is 23.7 Å². The van der Waals surface area contributed by atoms with Crippen LogP contribution in [0.15, 0.2) is 18.2 Å². The summed E-state index contributed by atoms with van der Waals surface area (Å²) in [6.45, 7) is 5.91. The molecule has 9 nitrogen and oxygen atoms in total. The molecule has 0 saturated carbocycles. The zero-order valence-corrected chi connectivity index (χ0v) is 16.8. The summed E-state index contributed by atoms with van der Waals surface area (Å²) in [5.74, 6) is -2.64. The first kappa shape index (κ1) is 23.2. The molecule has 0 aliphatic heterocycles. The summed E-state index contributed by atoms with van der Waals surface area (Å²) >= 11 is 6.00. The summed E-state index contributed by atoms with van der Waals surface area (Å²) in [6.07, 6.45) is -0.778. The molecule has 0 radical (unpaired) electrons. The van der Waals surface area contributed by atoms with Crippen LogP contribution in [0.1, 0.15) is 36.7 Å². The molecule has 1 rings (SSSR count). The minimum Gasteiger partial charge on any atom is -0.480 e. The second-order valence-electron chi connectivity index (χ2n) is 6.96. The minimum atomic E-state index is -1.38. The van der Waals surface area contributed by atoms with Crippen LogP contribution in [0.25, 0.3) is 0 Å². The Morgan fingerprint density at radius 1 is 1.18 bits per heavy atom. The van der Waals surface area contributed by atoms with Gasteiger partial charge < -0.3 is 25.8 Å². The molecule has 0 aliphatic rings. The van der Waals surface area contributed by atoms with Crippen molar-refractivity contribution in [1.29, 1.82) is 0 Å². The Morgan fingerprint density at radius 2 is 1.82 bits per heavy atom. The van der Waals surface area contributed by atoms with Crippen LogP contribution in [0.5, 0.6) is 0 Å². The Kier molecular flexibility index (Phi) is 8.24. The molecule has 3 amide bonds. The van der Waals surface area contributed by atoms with E-state index in [1.54, 1.807) is 39.8 Å². The molecule has 0 aromatic heterocycles. The number of nitrogens with one attached hydrogen (secondary N) is 3. The fourth-order valence-corrected chi connectivity index (χ4v) is 2.40. The third kappa shape index (κ3) is 7.83. The van der Waals surface area contributed by atoms with Crippen molar-refractivity contribution in [2.75, 3.05) is 13.1 Å². The number of aliphatic carboxylic acids is 1. The summed E-state index contributed by atoms with van der Waals surface area (Å²) in [6, 6.07) is 3.47. The standard InChI is InChI=1S/C18H24ClN3O6/c1-10-6-5-7-11(19)14(10)15(24)22-12(16(25)26)8-20-13(23)9-21-17(27)28-18(2,3)4/h5-7,12H,8-9H2,1-4H3,(H,20,23)(H,21,27)(H,22,24)(H,25,26). The topological polar surface area (TPSA) is 134 Å². The minimum absolute atomic E-state index is 0.160. The molecule has 0 spiro atoms. The molecule has 1 atom stereocenters. The van der Waals surface area contributed by atoms with Gasteiger partial charge in [0, 0.05) is 6.54 Å². The molecule has 154 valence electrons. The number of rotatable bonds is 7. The largest absolute Gasteiger partial charge is 0.480 e. The number of hydrogen-bond acceptors (Lipinski definition) is 5. The maximum atomic E-state index is 12.3. The average Bonchev–Trinajstić information content (AvgIpc) is 2.54. The number of ether oxygens (including phenoxy) is 1. The number of carboxylic acid groups (broad SMARTS) is 1. The Hall–Kier alpha value is -2.81. The van der Waals surface area contributed by atoms with Gasteiger partial charge in [0.2, 0.25) is 5.91 Å². The zero-order valence-electron chi connectivity index (χ0n) is 16.1. The maximum Gasteiger partial charge on any atom is 0.408 e. The van der Waals surface area contributed by atoms with E-state index in [1.165, 1.54) is 6.07 Å². The van der Waals surface area contributed by atoms with Gasteiger partial charge in [0.25, 0.3) is 5.91 Å². The first-order valence-corrected chi connectivity index (χ1v) is 8.81. The summed E-state index contributed by atoms with van der Waals surface area (Å²) < 4.78 is 4.98. The first-order chi connectivity index (χ1) is 12.9. The van der Waals surface area contributed by atoms with Crippen molar-refractivity contribution in [2.24, 2.45) is 0 Å². The van der Waals surface area contributed by atoms with Crippen molar-refractivity contribution in [3.8, 4) is 0 Å². The molecule has 4 N–H and O–H groups in total. The summed E-state index contributed by atoms with van der Waals surface area (Å²) in [5, 5.41) is 16.4. The van der Waals surface area contributed by atoms with Gasteiger partial charge in [-0.25, -0.2) is 9.59 Å². The van der Waals surface area contributed by atoms with E-state index in [9.17, 15) is 24.3 Å². The molecule has 1 aromatic rings. The van der Waals surface area contributed by atoms with Crippen molar-refractivity contribution in [2.45, 2.75) is 39.3 Å². The highest BCUT2D eigenvalue weighted by molar-refractivity contribution is 6.34. The third-order valence-corrected chi connectivity index (χ3v) is 3.66. The van der Waals surface area contributed by atoms with Crippen LogP contribution < -0.4 is 16.0 Å². The molecule has 0 bridgehead atoms. The Bertz CT molecular complexity index is 740. The van der Waals surface area contributed by atoms with E-state index < -0.39 is 42.1 Å². The molecular formula is C18H24ClN3O6. The van der Waals surface area contributed by atoms with Crippen LogP contribution in [0.3, 0.4) is 0 Å². The van der Waals surface area contributed by atoms with Gasteiger partial charge in [0.1, 0.15) is 11.6 Å². The van der Waals surface area contributed by atoms with Gasteiger partial charge in [0.15, 0.2) is 0 Å². The molecule has 0 fully saturated rings. The fraction of sp³-hybridized carbons (Fsp3) is 0.444. The average molecular weight is 414 g/mol. The molecule has 0 aliphatic carbocycles. The lowest BCUT2D eigenvalue weighted by atomic mass is 10.1. The van der Waals surface area contributed by atoms with Crippen LogP contribution in [-0.2, 0) is 14.3 Å². The molecule has 0 saturated heterocycles. The van der Waals surface area contributed by atoms with Gasteiger partial charge >= 0.3 is 12.1 Å². The van der Waals surface area contributed by atoms with E-state index in [2.05, 4.69) is 16.0 Å². The van der Waals surface area contributed by atoms with Crippen LogP contribution in [0.4, 0.5) is 4.79 Å². The number of alkyl carbamates (subject to hydrolysis) is 1. The van der Waals surface area contributed by atoms with Crippen molar-refractivity contribution in [3.63, 3.8) is 0 Å². The van der Waals surface area contributed by atoms with Crippen LogP contribution >= 0.6 is 11.6 Å². The highest BCUT2D eigenvalue weighted by atomic mass is 35.5. The lowest BCUT2D eigenvalue weighted by molar-refractivity contribution is -0.139.